The van der Waals surface area contributed by atoms with Gasteiger partial charge in [-0.25, -0.2) is 17.5 Å². The van der Waals surface area contributed by atoms with Crippen LogP contribution in [0.2, 0.25) is 0 Å². The van der Waals surface area contributed by atoms with Crippen molar-refractivity contribution in [2.75, 3.05) is 38.2 Å². The summed E-state index contributed by atoms with van der Waals surface area (Å²) in [6, 6.07) is 6.48. The third-order valence-corrected chi connectivity index (χ3v) is 4.84. The number of nitrogens with zero attached hydrogens (tertiary/aromatic N) is 1. The molecule has 0 amide bonds. The fourth-order valence-corrected chi connectivity index (χ4v) is 3.22. The third kappa shape index (κ3) is 13.6. The van der Waals surface area contributed by atoms with Crippen molar-refractivity contribution in [3.8, 4) is 0 Å². The second kappa shape index (κ2) is 14.5. The molecule has 0 spiro atoms. The van der Waals surface area contributed by atoms with Crippen molar-refractivity contribution in [1.29, 1.82) is 0 Å². The third-order valence-electron chi connectivity index (χ3n) is 3.01. The molecule has 26 heavy (non-hydrogen) atoms. The fourth-order valence-electron chi connectivity index (χ4n) is 1.87. The predicted molar refractivity (Wildman–Crippen MR) is 119 cm³/mol. The van der Waals surface area contributed by atoms with Crippen LogP contribution in [0.5, 0.6) is 0 Å². The number of thioether (sulfide) groups is 1. The Kier molecular flexibility index (Phi) is 14.1. The molecule has 1 aromatic carbocycles. The van der Waals surface area contributed by atoms with E-state index in [1.165, 1.54) is 12.1 Å². The molecule has 0 saturated heterocycles. The smallest absolute Gasteiger partial charge is 0.208 e. The van der Waals surface area contributed by atoms with Crippen LogP contribution in [0.1, 0.15) is 19.8 Å². The van der Waals surface area contributed by atoms with Gasteiger partial charge in [0.1, 0.15) is 5.82 Å². The molecule has 6 nitrogen and oxygen atoms in total. The highest BCUT2D eigenvalue weighted by molar-refractivity contribution is 14.0. The van der Waals surface area contributed by atoms with Crippen molar-refractivity contribution >= 4 is 51.7 Å². The summed E-state index contributed by atoms with van der Waals surface area (Å²) in [5.41, 5.74) is 0. The summed E-state index contributed by atoms with van der Waals surface area (Å²) >= 11 is 1.68. The van der Waals surface area contributed by atoms with Gasteiger partial charge >= 0.3 is 0 Å². The van der Waals surface area contributed by atoms with Crippen molar-refractivity contribution in [3.05, 3.63) is 30.1 Å². The predicted octanol–water partition coefficient (Wildman–Crippen LogP) is 2.42. The summed E-state index contributed by atoms with van der Waals surface area (Å²) in [4.78, 5) is 5.54. The number of benzene rings is 1. The van der Waals surface area contributed by atoms with Crippen molar-refractivity contribution in [3.63, 3.8) is 0 Å². The van der Waals surface area contributed by atoms with E-state index in [2.05, 4.69) is 20.3 Å². The van der Waals surface area contributed by atoms with Crippen LogP contribution in [0.15, 0.2) is 34.2 Å². The molecule has 150 valence electrons. The molecular formula is C16H28FIN4O2S2. The van der Waals surface area contributed by atoms with E-state index in [4.69, 9.17) is 0 Å². The van der Waals surface area contributed by atoms with Gasteiger partial charge in [-0.1, -0.05) is 0 Å². The first-order valence-corrected chi connectivity index (χ1v) is 11.1. The van der Waals surface area contributed by atoms with E-state index in [1.807, 2.05) is 6.92 Å². The van der Waals surface area contributed by atoms with Gasteiger partial charge in [0.05, 0.1) is 6.26 Å². The van der Waals surface area contributed by atoms with Gasteiger partial charge in [-0.15, -0.1) is 35.7 Å². The van der Waals surface area contributed by atoms with E-state index in [0.29, 0.717) is 26.1 Å². The highest BCUT2D eigenvalue weighted by atomic mass is 127. The van der Waals surface area contributed by atoms with Crippen LogP contribution in [0.3, 0.4) is 0 Å². The molecule has 0 saturated carbocycles. The SMILES string of the molecule is CCNC(=NCCCSc1ccc(F)cc1)NCCCNS(C)(=O)=O.I. The van der Waals surface area contributed by atoms with Gasteiger partial charge in [-0.2, -0.15) is 0 Å². The molecule has 1 rings (SSSR count). The lowest BCUT2D eigenvalue weighted by Gasteiger charge is -2.11. The van der Waals surface area contributed by atoms with Gasteiger partial charge in [-0.05, 0) is 49.8 Å². The Bertz CT molecular complexity index is 628. The normalized spacial score (nSPS) is 11.7. The molecule has 1 aromatic rings. The van der Waals surface area contributed by atoms with Crippen LogP contribution >= 0.6 is 35.7 Å². The zero-order valence-corrected chi connectivity index (χ0v) is 19.1. The first kappa shape index (κ1) is 25.4. The average Bonchev–Trinajstić information content (AvgIpc) is 2.54. The topological polar surface area (TPSA) is 82.6 Å². The second-order valence-electron chi connectivity index (χ2n) is 5.36. The maximum absolute atomic E-state index is 12.8. The Morgan fingerprint density at radius 2 is 1.85 bits per heavy atom. The van der Waals surface area contributed by atoms with Crippen LogP contribution in [0.4, 0.5) is 4.39 Å². The van der Waals surface area contributed by atoms with Crippen LogP contribution in [0.25, 0.3) is 0 Å². The number of hydrogen-bond acceptors (Lipinski definition) is 4. The molecule has 0 aliphatic heterocycles. The second-order valence-corrected chi connectivity index (χ2v) is 8.36. The van der Waals surface area contributed by atoms with Crippen molar-refractivity contribution in [1.82, 2.24) is 15.4 Å². The summed E-state index contributed by atoms with van der Waals surface area (Å²) < 4.78 is 37.2. The zero-order valence-electron chi connectivity index (χ0n) is 15.1. The van der Waals surface area contributed by atoms with Crippen molar-refractivity contribution in [2.45, 2.75) is 24.7 Å². The Balaban J connectivity index is 0.00000625. The quantitative estimate of drug-likeness (QED) is 0.138. The van der Waals surface area contributed by atoms with Crippen LogP contribution in [-0.4, -0.2) is 52.6 Å². The minimum absolute atomic E-state index is 0. The Morgan fingerprint density at radius 1 is 1.15 bits per heavy atom. The largest absolute Gasteiger partial charge is 0.357 e. The molecule has 0 bridgehead atoms. The van der Waals surface area contributed by atoms with E-state index in [-0.39, 0.29) is 29.8 Å². The lowest BCUT2D eigenvalue weighted by molar-refractivity contribution is 0.584. The van der Waals surface area contributed by atoms with Gasteiger partial charge in [-0.3, -0.25) is 4.99 Å². The number of halogens is 2. The Hall–Kier alpha value is -0.590. The number of aliphatic imine (C=N–C) groups is 1. The van der Waals surface area contributed by atoms with Gasteiger partial charge in [0.15, 0.2) is 5.96 Å². The maximum Gasteiger partial charge on any atom is 0.208 e. The lowest BCUT2D eigenvalue weighted by Crippen LogP contribution is -2.38. The average molecular weight is 518 g/mol. The Labute approximate surface area is 177 Å². The van der Waals surface area contributed by atoms with E-state index >= 15 is 0 Å². The number of hydrogen-bond donors (Lipinski definition) is 3. The highest BCUT2D eigenvalue weighted by Crippen LogP contribution is 2.18. The summed E-state index contributed by atoms with van der Waals surface area (Å²) in [5, 5.41) is 6.33. The molecule has 0 heterocycles. The van der Waals surface area contributed by atoms with E-state index in [9.17, 15) is 12.8 Å². The van der Waals surface area contributed by atoms with E-state index in [0.717, 1.165) is 35.8 Å². The highest BCUT2D eigenvalue weighted by Gasteiger charge is 2.00. The molecule has 0 unspecified atom stereocenters. The molecule has 0 radical (unpaired) electrons. The minimum atomic E-state index is -3.13. The summed E-state index contributed by atoms with van der Waals surface area (Å²) in [6.07, 6.45) is 2.74. The summed E-state index contributed by atoms with van der Waals surface area (Å²) in [6.45, 7) is 4.48. The van der Waals surface area contributed by atoms with E-state index < -0.39 is 10.0 Å². The first-order valence-electron chi connectivity index (χ1n) is 8.26. The number of rotatable bonds is 11. The summed E-state index contributed by atoms with van der Waals surface area (Å²) in [7, 11) is -3.13. The number of nitrogens with one attached hydrogen (secondary N) is 3. The lowest BCUT2D eigenvalue weighted by atomic mass is 10.4. The first-order chi connectivity index (χ1) is 11.9. The van der Waals surface area contributed by atoms with Gasteiger partial charge in [0, 0.05) is 31.1 Å². The molecule has 0 fully saturated rings. The number of sulfonamides is 1. The zero-order chi connectivity index (χ0) is 18.5. The van der Waals surface area contributed by atoms with Gasteiger partial charge in [0.2, 0.25) is 10.0 Å². The molecule has 0 aliphatic carbocycles. The fraction of sp³-hybridized carbons (Fsp3) is 0.562. The number of guanidine groups is 1. The molecule has 0 aliphatic rings. The standard InChI is InChI=1S/C16H27FN4O2S2.HI/c1-3-18-16(19-10-4-12-21-25(2,22)23)20-11-5-13-24-15-8-6-14(17)7-9-15;/h6-9,21H,3-5,10-13H2,1-2H3,(H2,18,19,20);1H. The van der Waals surface area contributed by atoms with Crippen LogP contribution in [0, 0.1) is 5.82 Å². The molecular weight excluding hydrogens is 490 g/mol. The van der Waals surface area contributed by atoms with Gasteiger partial charge in [0.25, 0.3) is 0 Å². The van der Waals surface area contributed by atoms with Gasteiger partial charge < -0.3 is 10.6 Å². The monoisotopic (exact) mass is 518 g/mol. The van der Waals surface area contributed by atoms with Crippen LogP contribution in [-0.2, 0) is 10.0 Å². The molecule has 10 heteroatoms. The molecule has 3 N–H and O–H groups in total. The van der Waals surface area contributed by atoms with Crippen LogP contribution < -0.4 is 15.4 Å². The van der Waals surface area contributed by atoms with Crippen molar-refractivity contribution < 1.29 is 12.8 Å². The van der Waals surface area contributed by atoms with E-state index in [1.54, 1.807) is 23.9 Å². The Morgan fingerprint density at radius 3 is 2.46 bits per heavy atom. The summed E-state index contributed by atoms with van der Waals surface area (Å²) in [5.74, 6) is 1.42. The minimum Gasteiger partial charge on any atom is -0.357 e. The maximum atomic E-state index is 12.8. The van der Waals surface area contributed by atoms with Crippen molar-refractivity contribution in [2.24, 2.45) is 4.99 Å². The molecule has 0 aromatic heterocycles. The molecule has 0 atom stereocenters.